The molecule has 1 heterocycles. The van der Waals surface area contributed by atoms with Gasteiger partial charge in [0.1, 0.15) is 12.4 Å². The smallest absolute Gasteiger partial charge is 0.143 e. The van der Waals surface area contributed by atoms with Crippen LogP contribution in [0.1, 0.15) is 18.1 Å². The molecule has 3 N–H and O–H groups in total. The normalized spacial score (nSPS) is 15.6. The number of benzene rings is 1. The number of nitrogens with zero attached hydrogens (tertiary/aromatic N) is 2. The number of aliphatic hydroxyl groups excluding tert-OH is 3. The average molecular weight is 310 g/mol. The van der Waals surface area contributed by atoms with E-state index < -0.39 is 6.10 Å². The lowest BCUT2D eigenvalue weighted by molar-refractivity contribution is 0.118. The minimum Gasteiger partial charge on any atom is -0.490 e. The molecule has 2 rings (SSSR count). The highest BCUT2D eigenvalue weighted by Gasteiger charge is 2.18. The van der Waals surface area contributed by atoms with Crippen molar-refractivity contribution in [1.29, 1.82) is 0 Å². The summed E-state index contributed by atoms with van der Waals surface area (Å²) in [5.41, 5.74) is 1.88. The van der Waals surface area contributed by atoms with Crippen molar-refractivity contribution in [2.45, 2.75) is 12.5 Å². The van der Waals surface area contributed by atoms with Gasteiger partial charge >= 0.3 is 0 Å². The first kappa shape index (κ1) is 17.0. The fourth-order valence-electron chi connectivity index (χ4n) is 2.67. The van der Waals surface area contributed by atoms with Crippen molar-refractivity contribution < 1.29 is 20.1 Å². The highest BCUT2D eigenvalue weighted by atomic mass is 16.5. The molecule has 0 bridgehead atoms. The lowest BCUT2D eigenvalue weighted by Gasteiger charge is -2.28. The molecule has 1 aromatic carbocycles. The van der Waals surface area contributed by atoms with Crippen molar-refractivity contribution in [3.63, 3.8) is 0 Å². The van der Waals surface area contributed by atoms with Crippen LogP contribution >= 0.6 is 0 Å². The van der Waals surface area contributed by atoms with E-state index in [9.17, 15) is 5.11 Å². The van der Waals surface area contributed by atoms with Gasteiger partial charge < -0.3 is 25.0 Å². The molecule has 1 atom stereocenters. The Morgan fingerprint density at radius 3 is 2.64 bits per heavy atom. The standard InChI is InChI=1S/C16H26N2O4/c1-17-8-11-22-16-12-13(2-3-14(16)17)15(21)4-5-18(6-9-19)7-10-20/h2-3,12,15,19-21H,4-11H2,1H3. The SMILES string of the molecule is CN1CCOc2cc(C(O)CCN(CCO)CCO)ccc21. The zero-order chi connectivity index (χ0) is 15.9. The van der Waals surface area contributed by atoms with E-state index in [4.69, 9.17) is 14.9 Å². The topological polar surface area (TPSA) is 76.4 Å². The first-order valence-electron chi connectivity index (χ1n) is 7.75. The van der Waals surface area contributed by atoms with Crippen molar-refractivity contribution in [2.24, 2.45) is 0 Å². The lowest BCUT2D eigenvalue weighted by atomic mass is 10.0. The molecule has 0 saturated carbocycles. The minimum atomic E-state index is -0.582. The summed E-state index contributed by atoms with van der Waals surface area (Å²) >= 11 is 0. The maximum absolute atomic E-state index is 10.4. The van der Waals surface area contributed by atoms with Crippen molar-refractivity contribution in [3.05, 3.63) is 23.8 Å². The van der Waals surface area contributed by atoms with E-state index in [1.807, 2.05) is 30.1 Å². The largest absolute Gasteiger partial charge is 0.490 e. The van der Waals surface area contributed by atoms with Crippen molar-refractivity contribution in [2.75, 3.05) is 57.9 Å². The molecule has 1 aliphatic rings. The molecule has 1 aromatic rings. The third-order valence-corrected chi connectivity index (χ3v) is 4.02. The zero-order valence-corrected chi connectivity index (χ0v) is 13.1. The van der Waals surface area contributed by atoms with Crippen LogP contribution in [0.3, 0.4) is 0 Å². The summed E-state index contributed by atoms with van der Waals surface area (Å²) in [5, 5.41) is 28.3. The van der Waals surface area contributed by atoms with E-state index in [0.29, 0.717) is 32.7 Å². The van der Waals surface area contributed by atoms with Gasteiger partial charge in [-0.2, -0.15) is 0 Å². The molecule has 22 heavy (non-hydrogen) atoms. The molecule has 0 fully saturated rings. The molecule has 0 aliphatic carbocycles. The molecule has 0 aromatic heterocycles. The number of anilines is 1. The van der Waals surface area contributed by atoms with Crippen LogP contribution in [0.4, 0.5) is 5.69 Å². The predicted molar refractivity (Wildman–Crippen MR) is 85.4 cm³/mol. The molecule has 124 valence electrons. The van der Waals surface area contributed by atoms with Gasteiger partial charge in [-0.3, -0.25) is 4.90 Å². The molecule has 0 saturated heterocycles. The second-order valence-electron chi connectivity index (χ2n) is 5.59. The number of rotatable bonds is 8. The van der Waals surface area contributed by atoms with Gasteiger partial charge in [-0.1, -0.05) is 6.07 Å². The second-order valence-corrected chi connectivity index (χ2v) is 5.59. The van der Waals surface area contributed by atoms with Crippen LogP contribution in [0.5, 0.6) is 5.75 Å². The van der Waals surface area contributed by atoms with Crippen LogP contribution in [-0.4, -0.2) is 73.3 Å². The number of fused-ring (bicyclic) bond motifs is 1. The Hall–Kier alpha value is -1.34. The van der Waals surface area contributed by atoms with Crippen LogP contribution in [0.25, 0.3) is 0 Å². The van der Waals surface area contributed by atoms with Crippen molar-refractivity contribution in [1.82, 2.24) is 4.90 Å². The Bertz CT molecular complexity index is 463. The Labute approximate surface area is 131 Å². The first-order valence-corrected chi connectivity index (χ1v) is 7.75. The van der Waals surface area contributed by atoms with Gasteiger partial charge in [-0.15, -0.1) is 0 Å². The summed E-state index contributed by atoms with van der Waals surface area (Å²) in [7, 11) is 2.03. The highest BCUT2D eigenvalue weighted by Crippen LogP contribution is 2.33. The van der Waals surface area contributed by atoms with Crippen LogP contribution < -0.4 is 9.64 Å². The second kappa shape index (κ2) is 8.33. The van der Waals surface area contributed by atoms with E-state index in [1.165, 1.54) is 0 Å². The van der Waals surface area contributed by atoms with E-state index in [1.54, 1.807) is 0 Å². The molecular weight excluding hydrogens is 284 g/mol. The van der Waals surface area contributed by atoms with Crippen molar-refractivity contribution >= 4 is 5.69 Å². The Kier molecular flexibility index (Phi) is 6.45. The number of hydrogen-bond donors (Lipinski definition) is 3. The fourth-order valence-corrected chi connectivity index (χ4v) is 2.67. The van der Waals surface area contributed by atoms with Gasteiger partial charge in [0.2, 0.25) is 0 Å². The predicted octanol–water partition coefficient (Wildman–Crippen LogP) is 0.225. The van der Waals surface area contributed by atoms with E-state index in [0.717, 1.165) is 23.5 Å². The summed E-state index contributed by atoms with van der Waals surface area (Å²) in [6.07, 6.45) is -0.0322. The van der Waals surface area contributed by atoms with E-state index >= 15 is 0 Å². The van der Waals surface area contributed by atoms with Gasteiger partial charge in [-0.25, -0.2) is 0 Å². The molecule has 0 amide bonds. The van der Waals surface area contributed by atoms with Gasteiger partial charge in [0.15, 0.2) is 0 Å². The maximum Gasteiger partial charge on any atom is 0.143 e. The molecular formula is C16H26N2O4. The average Bonchev–Trinajstić information content (AvgIpc) is 2.52. The van der Waals surface area contributed by atoms with Crippen LogP contribution in [0, 0.1) is 0 Å². The summed E-state index contributed by atoms with van der Waals surface area (Å²) in [4.78, 5) is 4.07. The minimum absolute atomic E-state index is 0.0507. The Morgan fingerprint density at radius 2 is 1.95 bits per heavy atom. The third kappa shape index (κ3) is 4.33. The van der Waals surface area contributed by atoms with Gasteiger partial charge in [0.25, 0.3) is 0 Å². The molecule has 0 spiro atoms. The van der Waals surface area contributed by atoms with E-state index in [-0.39, 0.29) is 13.2 Å². The molecule has 1 aliphatic heterocycles. The van der Waals surface area contributed by atoms with Crippen LogP contribution in [-0.2, 0) is 0 Å². The zero-order valence-electron chi connectivity index (χ0n) is 13.1. The molecule has 0 radical (unpaired) electrons. The quantitative estimate of drug-likeness (QED) is 0.638. The number of likely N-dealkylation sites (N-methyl/N-ethyl adjacent to an activating group) is 1. The van der Waals surface area contributed by atoms with Gasteiger partial charge in [0.05, 0.1) is 31.5 Å². The highest BCUT2D eigenvalue weighted by molar-refractivity contribution is 5.60. The fraction of sp³-hybridized carbons (Fsp3) is 0.625. The lowest BCUT2D eigenvalue weighted by Crippen LogP contribution is -2.31. The summed E-state index contributed by atoms with van der Waals surface area (Å²) < 4.78 is 5.66. The number of aliphatic hydroxyl groups is 3. The maximum atomic E-state index is 10.4. The number of hydrogen-bond acceptors (Lipinski definition) is 6. The molecule has 1 unspecified atom stereocenters. The van der Waals surface area contributed by atoms with Gasteiger partial charge in [0, 0.05) is 26.7 Å². The monoisotopic (exact) mass is 310 g/mol. The summed E-state index contributed by atoms with van der Waals surface area (Å²) in [6.45, 7) is 3.26. The Balaban J connectivity index is 1.96. The van der Waals surface area contributed by atoms with Crippen LogP contribution in [0.15, 0.2) is 18.2 Å². The van der Waals surface area contributed by atoms with Gasteiger partial charge in [-0.05, 0) is 24.1 Å². The summed E-state index contributed by atoms with van der Waals surface area (Å²) in [6, 6.07) is 5.81. The van der Waals surface area contributed by atoms with Crippen molar-refractivity contribution in [3.8, 4) is 5.75 Å². The summed E-state index contributed by atoms with van der Waals surface area (Å²) in [5.74, 6) is 0.813. The third-order valence-electron chi connectivity index (χ3n) is 4.02. The molecule has 6 heteroatoms. The number of ether oxygens (including phenoxy) is 1. The molecule has 6 nitrogen and oxygen atoms in total. The van der Waals surface area contributed by atoms with Crippen LogP contribution in [0.2, 0.25) is 0 Å². The first-order chi connectivity index (χ1) is 10.7. The van der Waals surface area contributed by atoms with E-state index in [2.05, 4.69) is 4.90 Å². The Morgan fingerprint density at radius 1 is 1.23 bits per heavy atom.